The highest BCUT2D eigenvalue weighted by Gasteiger charge is 2.49. The van der Waals surface area contributed by atoms with E-state index in [0.29, 0.717) is 23.1 Å². The predicted octanol–water partition coefficient (Wildman–Crippen LogP) is -2.81. The number of halogens is 1. The van der Waals surface area contributed by atoms with Crippen LogP contribution in [0.2, 0.25) is 0 Å². The van der Waals surface area contributed by atoms with Crippen LogP contribution in [0.3, 0.4) is 0 Å². The highest BCUT2D eigenvalue weighted by Crippen LogP contribution is 2.41. The Morgan fingerprint density at radius 3 is 2.29 bits per heavy atom. The maximum absolute atomic E-state index is 15.3. The minimum atomic E-state index is -4.19. The molecule has 82 heavy (non-hydrogen) atoms. The molecule has 1 saturated heterocycles. The number of piperidine rings is 1. The van der Waals surface area contributed by atoms with Gasteiger partial charge in [0.2, 0.25) is 35.9 Å². The van der Waals surface area contributed by atoms with Crippen LogP contribution in [0.5, 0.6) is 11.5 Å². The van der Waals surface area contributed by atoms with E-state index in [1.165, 1.54) is 47.8 Å². The molecule has 4 aromatic rings. The van der Waals surface area contributed by atoms with Gasteiger partial charge in [-0.1, -0.05) is 29.0 Å². The second kappa shape index (κ2) is 26.8. The smallest absolute Gasteiger partial charge is 0.335 e. The largest absolute Gasteiger partial charge is 0.492 e. The van der Waals surface area contributed by atoms with Gasteiger partial charge in [0.25, 0.3) is 22.0 Å². The first kappa shape index (κ1) is 60.8. The van der Waals surface area contributed by atoms with Crippen molar-refractivity contribution >= 4 is 62.3 Å². The van der Waals surface area contributed by atoms with E-state index in [4.69, 9.17) is 39.3 Å². The van der Waals surface area contributed by atoms with Crippen LogP contribution in [0.4, 0.5) is 15.9 Å². The second-order valence-corrected chi connectivity index (χ2v) is 20.8. The molecule has 2 aromatic heterocycles. The number of carboxylic acids is 1. The Morgan fingerprint density at radius 2 is 1.60 bits per heavy atom. The molecule has 13 N–H and O–H groups in total. The number of carboxylic acid groups (broad SMARTS) is 1. The van der Waals surface area contributed by atoms with Crippen molar-refractivity contribution in [1.82, 2.24) is 24.5 Å². The molecule has 4 aliphatic rings. The Morgan fingerprint density at radius 1 is 0.890 bits per heavy atom. The van der Waals surface area contributed by atoms with Crippen LogP contribution >= 0.6 is 0 Å². The molecule has 0 unspecified atom stereocenters. The number of imide groups is 1. The Bertz CT molecular complexity index is 3260. The van der Waals surface area contributed by atoms with Crippen molar-refractivity contribution in [2.75, 3.05) is 76.9 Å². The van der Waals surface area contributed by atoms with Gasteiger partial charge in [-0.15, -0.1) is 0 Å². The van der Waals surface area contributed by atoms with E-state index >= 15 is 4.39 Å². The Labute approximate surface area is 467 Å². The van der Waals surface area contributed by atoms with Crippen LogP contribution in [0.25, 0.3) is 11.0 Å². The summed E-state index contributed by atoms with van der Waals surface area (Å²) in [5.74, 6) is 0.884. The minimum Gasteiger partial charge on any atom is -0.492 e. The molecule has 4 amide bonds. The first-order valence-corrected chi connectivity index (χ1v) is 27.6. The molecule has 8 rings (SSSR count). The third-order valence-electron chi connectivity index (χ3n) is 13.8. The summed E-state index contributed by atoms with van der Waals surface area (Å²) in [4.78, 5) is 67.7. The topological polar surface area (TPSA) is 409 Å². The van der Waals surface area contributed by atoms with Crippen molar-refractivity contribution in [3.63, 3.8) is 0 Å². The molecule has 2 aromatic carbocycles. The number of carbonyl (C=O) groups excluding carboxylic acids is 4. The van der Waals surface area contributed by atoms with Crippen LogP contribution < -0.4 is 40.3 Å². The number of rotatable bonds is 27. The van der Waals surface area contributed by atoms with Gasteiger partial charge in [0.15, 0.2) is 6.10 Å². The van der Waals surface area contributed by atoms with Crippen LogP contribution in [0.15, 0.2) is 60.1 Å². The summed E-state index contributed by atoms with van der Waals surface area (Å²) in [6, 6.07) is 7.53. The molecule has 9 atom stereocenters. The number of likely N-dealkylation sites (tertiary alicyclic amines) is 1. The molecule has 0 bridgehead atoms. The number of hydrogen-bond acceptors (Lipinski definition) is 20. The summed E-state index contributed by atoms with van der Waals surface area (Å²) in [6.45, 7) is 2.52. The Balaban J connectivity index is 0.965. The third kappa shape index (κ3) is 14.5. The molecule has 2 fully saturated rings. The van der Waals surface area contributed by atoms with E-state index in [9.17, 15) is 63.0 Å². The van der Waals surface area contributed by atoms with Crippen molar-refractivity contribution in [2.24, 2.45) is 11.1 Å². The molecule has 28 nitrogen and oxygen atoms in total. The zero-order valence-corrected chi connectivity index (χ0v) is 45.0. The Kier molecular flexibility index (Phi) is 19.9. The fourth-order valence-electron chi connectivity index (χ4n) is 9.59. The van der Waals surface area contributed by atoms with Crippen molar-refractivity contribution in [2.45, 2.75) is 88.1 Å². The molecule has 0 spiro atoms. The molecule has 1 saturated carbocycles. The number of nitrogens with zero attached hydrogens (tertiary/aromatic N) is 4. The summed E-state index contributed by atoms with van der Waals surface area (Å²) in [7, 11) is -4.19. The van der Waals surface area contributed by atoms with E-state index in [0.717, 1.165) is 0 Å². The normalized spacial score (nSPS) is 23.2. The van der Waals surface area contributed by atoms with Crippen molar-refractivity contribution in [1.29, 1.82) is 0 Å². The zero-order valence-electron chi connectivity index (χ0n) is 44.1. The molecule has 4 heterocycles. The van der Waals surface area contributed by atoms with E-state index in [1.807, 2.05) is 0 Å². The molecule has 2 aliphatic heterocycles. The van der Waals surface area contributed by atoms with Gasteiger partial charge in [0, 0.05) is 49.4 Å². The summed E-state index contributed by atoms with van der Waals surface area (Å²) in [5.41, 5.74) is 8.42. The van der Waals surface area contributed by atoms with Gasteiger partial charge in [-0.2, -0.15) is 8.42 Å². The van der Waals surface area contributed by atoms with E-state index in [-0.39, 0.29) is 149 Å². The van der Waals surface area contributed by atoms with Crippen LogP contribution in [-0.2, 0) is 59.7 Å². The molecule has 2 aliphatic carbocycles. The van der Waals surface area contributed by atoms with Crippen LogP contribution in [-0.4, -0.2) is 192 Å². The van der Waals surface area contributed by atoms with E-state index in [1.54, 1.807) is 22.1 Å². The number of anilines is 2. The summed E-state index contributed by atoms with van der Waals surface area (Å²) in [5, 5.41) is 74.8. The molecule has 30 heteroatoms. The number of ether oxygens (including phenoxy) is 6. The van der Waals surface area contributed by atoms with Gasteiger partial charge in [-0.25, -0.2) is 23.6 Å². The van der Waals surface area contributed by atoms with Crippen LogP contribution in [0, 0.1) is 23.6 Å². The number of aliphatic hydroxyl groups is 5. The van der Waals surface area contributed by atoms with Gasteiger partial charge in [-0.3, -0.25) is 28.6 Å². The number of nitrogens with two attached hydrogens (primary N) is 2. The number of hydrogen-bond donors (Lipinski definition) is 11. The summed E-state index contributed by atoms with van der Waals surface area (Å²) in [6.07, 6.45) is -9.92. The van der Waals surface area contributed by atoms with Gasteiger partial charge >= 0.3 is 5.97 Å². The van der Waals surface area contributed by atoms with Gasteiger partial charge in [0.05, 0.1) is 82.9 Å². The van der Waals surface area contributed by atoms with Crippen molar-refractivity contribution < 1.29 is 100 Å². The maximum Gasteiger partial charge on any atom is 0.335 e. The lowest BCUT2D eigenvalue weighted by Gasteiger charge is -2.38. The fourth-order valence-corrected chi connectivity index (χ4v) is 10.0. The number of aliphatic carboxylic acids is 1. The first-order valence-electron chi connectivity index (χ1n) is 26.0. The molecule has 0 radical (unpaired) electrons. The molecular weight excluding hydrogens is 1110 g/mol. The maximum atomic E-state index is 15.3. The number of amides is 4. The van der Waals surface area contributed by atoms with E-state index in [2.05, 4.69) is 32.2 Å². The Hall–Kier alpha value is -7.25. The van der Waals surface area contributed by atoms with Crippen molar-refractivity contribution in [3.8, 4) is 23.3 Å². The summed E-state index contributed by atoms with van der Waals surface area (Å²) >= 11 is 0. The molecule has 442 valence electrons. The monoisotopic (exact) mass is 1170 g/mol. The second-order valence-electron chi connectivity index (χ2n) is 19.5. The van der Waals surface area contributed by atoms with Crippen molar-refractivity contribution in [3.05, 3.63) is 82.6 Å². The standard InChI is InChI=1S/C52H62FN9O19S/c1-2-79-36-5-3-4-33(53)30(36)8-7-28-25-62(35-21-29(41(65)42(35)66)23-58-82(55,74)75)48-40(28)47(54)57-26-60(48)24-27-6-9-37(80-52-45(69)43(67)44(68)46(81-52)51(72)73)34(20-27)59-39(64)10-12-56-38(63)11-14-76-16-18-78-19-17-77-15-13-61-49(70)31-22-32(31)50(61)71/h3-6,9,20,25-26,29,35,41-46,52,54,58,65-69H,2,10-19,21-24H2,1H3,(H5,55,56,59,63,64,72,73,74,75)/p+1/t29-,35-,41-,42+,43+,44+,45-,46+,52-/m1/s1. The average Bonchev–Trinajstić information content (AvgIpc) is 4.08. The SMILES string of the molecule is CCOc1cccc(F)c1C#Cc1cn([C@@H]2C[C@H](CNS(N)(=O)=O)[C@@H](O)[C@H]2O)c2c1c(N)nc[n+]2Cc1ccc(O[C@@H]2O[C@H](C(=O)O)[C@@H](O)[C@H](O)[C@H]2O)c(NC(=O)CCNC(=O)CCOCCOCCOCCN2C(=O)C3=C(C3)C2=O)c1. The lowest BCUT2D eigenvalue weighted by atomic mass is 9.99. The highest BCUT2D eigenvalue weighted by atomic mass is 32.2. The quantitative estimate of drug-likeness (QED) is 0.0124. The lowest BCUT2D eigenvalue weighted by molar-refractivity contribution is -0.668. The van der Waals surface area contributed by atoms with Gasteiger partial charge in [0.1, 0.15) is 58.7 Å². The number of aliphatic hydroxyl groups excluding tert-OH is 5. The number of aromatic nitrogens is 3. The number of nitrogens with one attached hydrogen (secondary N) is 3. The number of nitrogen functional groups attached to an aromatic ring is 1. The minimum absolute atomic E-state index is 0.00322. The summed E-state index contributed by atoms with van der Waals surface area (Å²) < 4.78 is 77.5. The zero-order chi connectivity index (χ0) is 59.0. The number of benzene rings is 2. The molecular formula is C52H63FN9O19S+. The lowest BCUT2D eigenvalue weighted by Crippen LogP contribution is -2.61. The predicted molar refractivity (Wildman–Crippen MR) is 280 cm³/mol. The first-order chi connectivity index (χ1) is 39.1. The van der Waals surface area contributed by atoms with E-state index < -0.39 is 88.7 Å². The number of fused-ring (bicyclic) bond motifs is 1. The van der Waals surface area contributed by atoms with Gasteiger partial charge in [-0.05, 0) is 43.2 Å². The highest BCUT2D eigenvalue weighted by molar-refractivity contribution is 7.87. The number of carbonyl (C=O) groups is 5. The van der Waals surface area contributed by atoms with Gasteiger partial charge < -0.3 is 75.4 Å². The fraction of sp³-hybridized carbons (Fsp3) is 0.481. The third-order valence-corrected chi connectivity index (χ3v) is 14.4. The average molecular weight is 1170 g/mol. The van der Waals surface area contributed by atoms with Crippen LogP contribution in [0.1, 0.15) is 55.3 Å².